The predicted molar refractivity (Wildman–Crippen MR) is 126 cm³/mol. The Bertz CT molecular complexity index is 922. The number of aromatic amines is 1. The van der Waals surface area contributed by atoms with E-state index in [1.165, 1.54) is 18.7 Å². The lowest BCUT2D eigenvalue weighted by Crippen LogP contribution is -2.38. The van der Waals surface area contributed by atoms with Crippen molar-refractivity contribution in [1.82, 2.24) is 29.7 Å². The molecule has 0 saturated carbocycles. The minimum absolute atomic E-state index is 0. The lowest BCUT2D eigenvalue weighted by Gasteiger charge is -2.20. The second-order valence-electron chi connectivity index (χ2n) is 7.17. The maximum atomic E-state index is 4.75. The Balaban J connectivity index is 0.00000240. The minimum atomic E-state index is 0. The number of aryl methyl sites for hydroxylation is 2. The first kappa shape index (κ1) is 21.4. The zero-order valence-corrected chi connectivity index (χ0v) is 19.3. The molecule has 0 saturated heterocycles. The molecule has 2 N–H and O–H groups in total. The smallest absolute Gasteiger partial charge is 0.194 e. The van der Waals surface area contributed by atoms with Crippen LogP contribution in [0.3, 0.4) is 0 Å². The van der Waals surface area contributed by atoms with Crippen molar-refractivity contribution in [1.29, 1.82) is 0 Å². The highest BCUT2D eigenvalue weighted by molar-refractivity contribution is 14.0. The quantitative estimate of drug-likeness (QED) is 0.317. The lowest BCUT2D eigenvalue weighted by atomic mass is 10.2. The summed E-state index contributed by atoms with van der Waals surface area (Å²) in [5, 5.41) is 3.41. The molecule has 8 heteroatoms. The van der Waals surface area contributed by atoms with Gasteiger partial charge in [-0.2, -0.15) is 0 Å². The van der Waals surface area contributed by atoms with E-state index >= 15 is 0 Å². The average molecular weight is 505 g/mol. The number of nitrogens with zero attached hydrogens (tertiary/aromatic N) is 5. The maximum absolute atomic E-state index is 4.75. The molecule has 0 unspecified atom stereocenters. The third-order valence-electron chi connectivity index (χ3n) is 5.06. The number of nitrogens with one attached hydrogen (secondary N) is 2. The summed E-state index contributed by atoms with van der Waals surface area (Å²) in [6, 6.07) is 10.2. The van der Waals surface area contributed by atoms with Gasteiger partial charge in [-0.15, -0.1) is 24.0 Å². The van der Waals surface area contributed by atoms with Crippen molar-refractivity contribution in [3.8, 4) is 11.3 Å². The Kier molecular flexibility index (Phi) is 7.29. The fourth-order valence-electron chi connectivity index (χ4n) is 3.62. The molecule has 0 radical (unpaired) electrons. The molecule has 0 aliphatic carbocycles. The first-order chi connectivity index (χ1) is 13.7. The van der Waals surface area contributed by atoms with Crippen molar-refractivity contribution in [3.63, 3.8) is 0 Å². The van der Waals surface area contributed by atoms with E-state index in [1.54, 1.807) is 7.05 Å². The molecule has 0 atom stereocenters. The molecule has 0 bridgehead atoms. The van der Waals surface area contributed by atoms with E-state index in [4.69, 9.17) is 4.98 Å². The number of aliphatic imine (C=N–C) groups is 1. The third kappa shape index (κ3) is 5.17. The van der Waals surface area contributed by atoms with Crippen LogP contribution in [0.25, 0.3) is 11.3 Å². The SMILES string of the molecule is CN=C(NCc1cn2c(n1)CCCC2)N(C)Cc1ncc(-c2ccccc2)[nH]1.I. The van der Waals surface area contributed by atoms with Crippen molar-refractivity contribution in [2.24, 2.45) is 4.99 Å². The highest BCUT2D eigenvalue weighted by atomic mass is 127. The molecule has 2 aromatic heterocycles. The molecule has 1 aliphatic heterocycles. The fraction of sp³-hybridized carbons (Fsp3) is 0.381. The second kappa shape index (κ2) is 9.91. The fourth-order valence-corrected chi connectivity index (χ4v) is 3.62. The molecule has 154 valence electrons. The minimum Gasteiger partial charge on any atom is -0.351 e. The van der Waals surface area contributed by atoms with Crippen molar-refractivity contribution in [2.75, 3.05) is 14.1 Å². The van der Waals surface area contributed by atoms with Gasteiger partial charge in [0.2, 0.25) is 0 Å². The standard InChI is InChI=1S/C21H27N7.HI/c1-22-21(24-12-17-14-28-11-7-6-10-20(28)25-17)27(2)15-19-23-13-18(26-19)16-8-4-3-5-9-16;/h3-5,8-9,13-14H,6-7,10-12,15H2,1-2H3,(H,22,24)(H,23,26);1H. The summed E-state index contributed by atoms with van der Waals surface area (Å²) in [6.45, 7) is 2.40. The molecule has 0 fully saturated rings. The van der Waals surface area contributed by atoms with E-state index in [0.29, 0.717) is 13.1 Å². The molecule has 29 heavy (non-hydrogen) atoms. The van der Waals surface area contributed by atoms with E-state index < -0.39 is 0 Å². The molecule has 1 aliphatic rings. The molecule has 1 aromatic carbocycles. The summed E-state index contributed by atoms with van der Waals surface area (Å²) < 4.78 is 2.28. The number of aromatic nitrogens is 4. The van der Waals surface area contributed by atoms with E-state index in [-0.39, 0.29) is 24.0 Å². The van der Waals surface area contributed by atoms with E-state index in [1.807, 2.05) is 31.4 Å². The zero-order valence-electron chi connectivity index (χ0n) is 16.9. The molecule has 3 aromatic rings. The zero-order chi connectivity index (χ0) is 19.3. The molecule has 4 rings (SSSR count). The van der Waals surface area contributed by atoms with Gasteiger partial charge in [0, 0.05) is 33.3 Å². The summed E-state index contributed by atoms with van der Waals surface area (Å²) in [7, 11) is 3.81. The number of halogens is 1. The molecule has 0 amide bonds. The first-order valence-electron chi connectivity index (χ1n) is 9.79. The number of rotatable bonds is 5. The Hall–Kier alpha value is -2.36. The average Bonchev–Trinajstić information content (AvgIpc) is 3.35. The highest BCUT2D eigenvalue weighted by Crippen LogP contribution is 2.17. The number of guanidine groups is 1. The maximum Gasteiger partial charge on any atom is 0.194 e. The van der Waals surface area contributed by atoms with Gasteiger partial charge in [0.05, 0.1) is 30.7 Å². The van der Waals surface area contributed by atoms with Crippen LogP contribution in [0, 0.1) is 0 Å². The topological polar surface area (TPSA) is 74.1 Å². The van der Waals surface area contributed by atoms with E-state index in [9.17, 15) is 0 Å². The molecule has 3 heterocycles. The van der Waals surface area contributed by atoms with Crippen LogP contribution >= 0.6 is 24.0 Å². The van der Waals surface area contributed by atoms with Crippen LogP contribution in [0.1, 0.15) is 30.2 Å². The van der Waals surface area contributed by atoms with E-state index in [2.05, 4.69) is 48.1 Å². The van der Waals surface area contributed by atoms with Gasteiger partial charge in [-0.3, -0.25) is 4.99 Å². The number of benzene rings is 1. The first-order valence-corrected chi connectivity index (χ1v) is 9.79. The Morgan fingerprint density at radius 2 is 2.10 bits per heavy atom. The van der Waals surface area contributed by atoms with Gasteiger partial charge in [0.1, 0.15) is 11.6 Å². The normalized spacial score (nSPS) is 13.5. The predicted octanol–water partition coefficient (Wildman–Crippen LogP) is 3.43. The Morgan fingerprint density at radius 3 is 2.86 bits per heavy atom. The highest BCUT2D eigenvalue weighted by Gasteiger charge is 2.14. The summed E-state index contributed by atoms with van der Waals surface area (Å²) in [5.41, 5.74) is 3.22. The number of H-pyrrole nitrogens is 1. The largest absolute Gasteiger partial charge is 0.351 e. The van der Waals surface area contributed by atoms with Crippen LogP contribution in [0.2, 0.25) is 0 Å². The second-order valence-corrected chi connectivity index (χ2v) is 7.17. The Morgan fingerprint density at radius 1 is 1.28 bits per heavy atom. The third-order valence-corrected chi connectivity index (χ3v) is 5.06. The molecule has 7 nitrogen and oxygen atoms in total. The summed E-state index contributed by atoms with van der Waals surface area (Å²) in [4.78, 5) is 19.1. The number of imidazole rings is 2. The Labute approximate surface area is 188 Å². The summed E-state index contributed by atoms with van der Waals surface area (Å²) >= 11 is 0. The van der Waals surface area contributed by atoms with Crippen LogP contribution in [0.15, 0.2) is 47.7 Å². The monoisotopic (exact) mass is 505 g/mol. The molecule has 0 spiro atoms. The van der Waals surface area contributed by atoms with Crippen LogP contribution in [-0.2, 0) is 26.1 Å². The summed E-state index contributed by atoms with van der Waals surface area (Å²) in [6.07, 6.45) is 7.60. The van der Waals surface area contributed by atoms with Gasteiger partial charge in [-0.05, 0) is 18.4 Å². The van der Waals surface area contributed by atoms with Gasteiger partial charge in [-0.1, -0.05) is 30.3 Å². The van der Waals surface area contributed by atoms with Crippen molar-refractivity contribution in [3.05, 3.63) is 60.1 Å². The summed E-state index contributed by atoms with van der Waals surface area (Å²) in [5.74, 6) is 2.93. The number of hydrogen-bond donors (Lipinski definition) is 2. The van der Waals surface area contributed by atoms with Crippen LogP contribution in [0.5, 0.6) is 0 Å². The van der Waals surface area contributed by atoms with Crippen LogP contribution in [-0.4, -0.2) is 44.5 Å². The van der Waals surface area contributed by atoms with Crippen molar-refractivity contribution >= 4 is 29.9 Å². The van der Waals surface area contributed by atoms with Gasteiger partial charge in [0.25, 0.3) is 0 Å². The van der Waals surface area contributed by atoms with E-state index in [0.717, 1.165) is 41.7 Å². The van der Waals surface area contributed by atoms with Gasteiger partial charge in [0.15, 0.2) is 5.96 Å². The van der Waals surface area contributed by atoms with Crippen LogP contribution in [0.4, 0.5) is 0 Å². The molecular weight excluding hydrogens is 477 g/mol. The lowest BCUT2D eigenvalue weighted by molar-refractivity contribution is 0.463. The van der Waals surface area contributed by atoms with Gasteiger partial charge >= 0.3 is 0 Å². The van der Waals surface area contributed by atoms with Gasteiger partial charge in [-0.25, -0.2) is 9.97 Å². The van der Waals surface area contributed by atoms with Crippen molar-refractivity contribution in [2.45, 2.75) is 38.9 Å². The number of hydrogen-bond acceptors (Lipinski definition) is 3. The number of fused-ring (bicyclic) bond motifs is 1. The van der Waals surface area contributed by atoms with Crippen LogP contribution < -0.4 is 5.32 Å². The molecular formula is C21H28IN7. The van der Waals surface area contributed by atoms with Crippen molar-refractivity contribution < 1.29 is 0 Å². The van der Waals surface area contributed by atoms with Gasteiger partial charge < -0.3 is 19.8 Å².